The lowest BCUT2D eigenvalue weighted by atomic mass is 9.96. The number of aryl methyl sites for hydroxylation is 1. The SMILES string of the molecule is Cc1cc(F)cc(NC(=O)NCC2CCCC2C(=O)O)c1. The predicted molar refractivity (Wildman–Crippen MR) is 76.6 cm³/mol. The summed E-state index contributed by atoms with van der Waals surface area (Å²) in [4.78, 5) is 22.8. The van der Waals surface area contributed by atoms with Crippen molar-refractivity contribution < 1.29 is 19.1 Å². The molecule has 1 aliphatic carbocycles. The Morgan fingerprint density at radius 3 is 2.76 bits per heavy atom. The Balaban J connectivity index is 1.86. The zero-order valence-electron chi connectivity index (χ0n) is 11.9. The average molecular weight is 294 g/mol. The molecule has 1 aromatic rings. The van der Waals surface area contributed by atoms with Crippen LogP contribution in [-0.2, 0) is 4.79 Å². The van der Waals surface area contributed by atoms with Crippen molar-refractivity contribution in [1.29, 1.82) is 0 Å². The van der Waals surface area contributed by atoms with E-state index in [-0.39, 0.29) is 11.8 Å². The fourth-order valence-electron chi connectivity index (χ4n) is 2.81. The Kier molecular flexibility index (Phi) is 4.77. The molecule has 0 spiro atoms. The maximum Gasteiger partial charge on any atom is 0.319 e. The number of amides is 2. The van der Waals surface area contributed by atoms with Crippen LogP contribution in [0.4, 0.5) is 14.9 Å². The maximum atomic E-state index is 13.2. The zero-order chi connectivity index (χ0) is 15.4. The minimum absolute atomic E-state index is 0.0394. The zero-order valence-corrected chi connectivity index (χ0v) is 11.9. The highest BCUT2D eigenvalue weighted by atomic mass is 19.1. The molecule has 0 heterocycles. The van der Waals surface area contributed by atoms with Crippen LogP contribution in [0.25, 0.3) is 0 Å². The third kappa shape index (κ3) is 4.18. The summed E-state index contributed by atoms with van der Waals surface area (Å²) < 4.78 is 13.2. The van der Waals surface area contributed by atoms with Gasteiger partial charge in [-0.2, -0.15) is 0 Å². The molecule has 0 aliphatic heterocycles. The minimum Gasteiger partial charge on any atom is -0.481 e. The Hall–Kier alpha value is -2.11. The molecule has 1 aromatic carbocycles. The molecule has 0 saturated heterocycles. The van der Waals surface area contributed by atoms with Gasteiger partial charge in [-0.05, 0) is 49.4 Å². The molecule has 2 rings (SSSR count). The first-order chi connectivity index (χ1) is 9.95. The highest BCUT2D eigenvalue weighted by Gasteiger charge is 2.32. The number of aliphatic carboxylic acids is 1. The van der Waals surface area contributed by atoms with Gasteiger partial charge in [0.15, 0.2) is 0 Å². The van der Waals surface area contributed by atoms with E-state index in [0.717, 1.165) is 12.8 Å². The summed E-state index contributed by atoms with van der Waals surface area (Å²) >= 11 is 0. The van der Waals surface area contributed by atoms with Crippen molar-refractivity contribution in [3.8, 4) is 0 Å². The quantitative estimate of drug-likeness (QED) is 0.799. The number of nitrogens with one attached hydrogen (secondary N) is 2. The van der Waals surface area contributed by atoms with Crippen molar-refractivity contribution in [2.45, 2.75) is 26.2 Å². The van der Waals surface area contributed by atoms with E-state index >= 15 is 0 Å². The number of urea groups is 1. The maximum absolute atomic E-state index is 13.2. The van der Waals surface area contributed by atoms with Crippen molar-refractivity contribution in [2.75, 3.05) is 11.9 Å². The van der Waals surface area contributed by atoms with Crippen LogP contribution in [-0.4, -0.2) is 23.7 Å². The molecule has 0 aromatic heterocycles. The van der Waals surface area contributed by atoms with Gasteiger partial charge in [-0.3, -0.25) is 4.79 Å². The number of rotatable bonds is 4. The van der Waals surface area contributed by atoms with Gasteiger partial charge in [-0.1, -0.05) is 6.42 Å². The fourth-order valence-corrected chi connectivity index (χ4v) is 2.81. The first-order valence-corrected chi connectivity index (χ1v) is 7.00. The van der Waals surface area contributed by atoms with Crippen LogP contribution in [0.3, 0.4) is 0 Å². The van der Waals surface area contributed by atoms with Crippen molar-refractivity contribution in [3.63, 3.8) is 0 Å². The molecule has 2 atom stereocenters. The smallest absolute Gasteiger partial charge is 0.319 e. The van der Waals surface area contributed by atoms with Crippen molar-refractivity contribution in [1.82, 2.24) is 5.32 Å². The van der Waals surface area contributed by atoms with E-state index in [0.29, 0.717) is 24.2 Å². The first kappa shape index (κ1) is 15.3. The van der Waals surface area contributed by atoms with E-state index in [1.165, 1.54) is 12.1 Å². The van der Waals surface area contributed by atoms with E-state index in [4.69, 9.17) is 5.11 Å². The van der Waals surface area contributed by atoms with Crippen LogP contribution >= 0.6 is 0 Å². The monoisotopic (exact) mass is 294 g/mol. The van der Waals surface area contributed by atoms with Crippen molar-refractivity contribution in [2.24, 2.45) is 11.8 Å². The summed E-state index contributed by atoms with van der Waals surface area (Å²) in [5, 5.41) is 14.3. The molecule has 1 saturated carbocycles. The van der Waals surface area contributed by atoms with Crippen LogP contribution in [0.2, 0.25) is 0 Å². The molecule has 21 heavy (non-hydrogen) atoms. The van der Waals surface area contributed by atoms with Gasteiger partial charge in [0, 0.05) is 12.2 Å². The van der Waals surface area contributed by atoms with Gasteiger partial charge in [0.1, 0.15) is 5.82 Å². The van der Waals surface area contributed by atoms with Crippen molar-refractivity contribution in [3.05, 3.63) is 29.6 Å². The number of carbonyl (C=O) groups is 2. The molecule has 6 heteroatoms. The molecule has 114 valence electrons. The molecule has 1 aliphatic rings. The molecule has 0 radical (unpaired) electrons. The summed E-state index contributed by atoms with van der Waals surface area (Å²) in [6, 6.07) is 3.83. The highest BCUT2D eigenvalue weighted by Crippen LogP contribution is 2.31. The van der Waals surface area contributed by atoms with Gasteiger partial charge in [-0.25, -0.2) is 9.18 Å². The number of anilines is 1. The Labute approximate surface area is 122 Å². The molecule has 1 fully saturated rings. The molecule has 2 unspecified atom stereocenters. The molecular formula is C15H19FN2O3. The van der Waals surface area contributed by atoms with Crippen LogP contribution in [0.15, 0.2) is 18.2 Å². The van der Waals surface area contributed by atoms with Crippen LogP contribution in [0, 0.1) is 24.6 Å². The topological polar surface area (TPSA) is 78.4 Å². The molecule has 0 bridgehead atoms. The number of halogens is 1. The van der Waals surface area contributed by atoms with Crippen LogP contribution < -0.4 is 10.6 Å². The van der Waals surface area contributed by atoms with E-state index in [9.17, 15) is 14.0 Å². The van der Waals surface area contributed by atoms with E-state index < -0.39 is 17.8 Å². The highest BCUT2D eigenvalue weighted by molar-refractivity contribution is 5.89. The minimum atomic E-state index is -0.805. The molecule has 5 nitrogen and oxygen atoms in total. The lowest BCUT2D eigenvalue weighted by Gasteiger charge is -2.16. The van der Waals surface area contributed by atoms with Gasteiger partial charge in [0.2, 0.25) is 0 Å². The normalized spacial score (nSPS) is 21.0. The number of carbonyl (C=O) groups excluding carboxylic acids is 1. The Morgan fingerprint density at radius 2 is 2.10 bits per heavy atom. The number of benzene rings is 1. The van der Waals surface area contributed by atoms with Gasteiger partial charge in [0.25, 0.3) is 0 Å². The lowest BCUT2D eigenvalue weighted by molar-refractivity contribution is -0.142. The average Bonchev–Trinajstić information content (AvgIpc) is 2.83. The summed E-state index contributed by atoms with van der Waals surface area (Å²) in [5.41, 5.74) is 1.10. The van der Waals surface area contributed by atoms with Crippen LogP contribution in [0.1, 0.15) is 24.8 Å². The van der Waals surface area contributed by atoms with E-state index in [2.05, 4.69) is 10.6 Å². The fraction of sp³-hybridized carbons (Fsp3) is 0.467. The second kappa shape index (κ2) is 6.56. The lowest BCUT2D eigenvalue weighted by Crippen LogP contribution is -2.35. The van der Waals surface area contributed by atoms with Gasteiger partial charge >= 0.3 is 12.0 Å². The van der Waals surface area contributed by atoms with E-state index in [1.807, 2.05) is 0 Å². The summed E-state index contributed by atoms with van der Waals surface area (Å²) in [6.45, 7) is 2.05. The van der Waals surface area contributed by atoms with Gasteiger partial charge in [-0.15, -0.1) is 0 Å². The molecular weight excluding hydrogens is 275 g/mol. The number of carboxylic acids is 1. The third-order valence-electron chi connectivity index (χ3n) is 3.80. The standard InChI is InChI=1S/C15H19FN2O3/c1-9-5-11(16)7-12(6-9)18-15(21)17-8-10-3-2-4-13(10)14(19)20/h5-7,10,13H,2-4,8H2,1H3,(H,19,20)(H2,17,18,21). The van der Waals surface area contributed by atoms with Gasteiger partial charge in [0.05, 0.1) is 5.92 Å². The number of carboxylic acid groups (broad SMARTS) is 1. The third-order valence-corrected chi connectivity index (χ3v) is 3.80. The largest absolute Gasteiger partial charge is 0.481 e. The second-order valence-electron chi connectivity index (χ2n) is 5.49. The summed E-state index contributed by atoms with van der Waals surface area (Å²) in [5.74, 6) is -1.64. The van der Waals surface area contributed by atoms with Gasteiger partial charge < -0.3 is 15.7 Å². The predicted octanol–water partition coefficient (Wildman–Crippen LogP) is 2.76. The van der Waals surface area contributed by atoms with Crippen LogP contribution in [0.5, 0.6) is 0 Å². The molecule has 3 N–H and O–H groups in total. The number of hydrogen-bond acceptors (Lipinski definition) is 2. The first-order valence-electron chi connectivity index (χ1n) is 7.00. The Morgan fingerprint density at radius 1 is 1.33 bits per heavy atom. The number of hydrogen-bond donors (Lipinski definition) is 3. The summed E-state index contributed by atoms with van der Waals surface area (Å²) in [6.07, 6.45) is 2.33. The second-order valence-corrected chi connectivity index (χ2v) is 5.49. The Bertz CT molecular complexity index is 527. The van der Waals surface area contributed by atoms with E-state index in [1.54, 1.807) is 13.0 Å². The summed E-state index contributed by atoms with van der Waals surface area (Å²) in [7, 11) is 0. The molecule has 2 amide bonds. The van der Waals surface area contributed by atoms with Crippen molar-refractivity contribution >= 4 is 17.7 Å².